The number of carbonyl (C=O) groups is 2. The highest BCUT2D eigenvalue weighted by atomic mass is 16.6. The molecule has 0 aromatic rings. The predicted molar refractivity (Wildman–Crippen MR) is 82.6 cm³/mol. The van der Waals surface area contributed by atoms with Gasteiger partial charge in [0.05, 0.1) is 19.3 Å². The van der Waals surface area contributed by atoms with Crippen LogP contribution in [0.5, 0.6) is 0 Å². The minimum atomic E-state index is -0.535. The Morgan fingerprint density at radius 1 is 1.18 bits per heavy atom. The van der Waals surface area contributed by atoms with Gasteiger partial charge in [-0.15, -0.1) is 0 Å². The fourth-order valence-electron chi connectivity index (χ4n) is 2.57. The fraction of sp³-hybridized carbons (Fsp3) is 0.875. The van der Waals surface area contributed by atoms with E-state index in [-0.39, 0.29) is 24.2 Å². The summed E-state index contributed by atoms with van der Waals surface area (Å²) in [5.74, 6) is -0.230. The fourth-order valence-corrected chi connectivity index (χ4v) is 2.57. The number of carbonyl (C=O) groups excluding carboxylic acids is 2. The van der Waals surface area contributed by atoms with E-state index in [9.17, 15) is 9.59 Å². The molecule has 0 aliphatic carbocycles. The smallest absolute Gasteiger partial charge is 0.410 e. The zero-order valence-electron chi connectivity index (χ0n) is 14.4. The molecule has 6 nitrogen and oxygen atoms in total. The highest BCUT2D eigenvalue weighted by Gasteiger charge is 2.37. The summed E-state index contributed by atoms with van der Waals surface area (Å²) in [5, 5.41) is 0. The molecule has 0 spiro atoms. The highest BCUT2D eigenvalue weighted by Crippen LogP contribution is 2.26. The van der Waals surface area contributed by atoms with Crippen molar-refractivity contribution in [3.05, 3.63) is 0 Å². The first-order valence-corrected chi connectivity index (χ1v) is 8.03. The Hall–Kier alpha value is -1.30. The zero-order valence-corrected chi connectivity index (χ0v) is 14.4. The summed E-state index contributed by atoms with van der Waals surface area (Å²) < 4.78 is 16.0. The molecule has 6 heteroatoms. The number of hydrogen-bond donors (Lipinski definition) is 0. The topological polar surface area (TPSA) is 65.1 Å². The van der Waals surface area contributed by atoms with Crippen molar-refractivity contribution in [2.45, 2.75) is 71.6 Å². The maximum atomic E-state index is 12.3. The summed E-state index contributed by atoms with van der Waals surface area (Å²) in [4.78, 5) is 25.5. The van der Waals surface area contributed by atoms with Crippen molar-refractivity contribution in [2.24, 2.45) is 0 Å². The van der Waals surface area contributed by atoms with Crippen LogP contribution in [0.25, 0.3) is 0 Å². The Morgan fingerprint density at radius 2 is 1.86 bits per heavy atom. The lowest BCUT2D eigenvalue weighted by molar-refractivity contribution is -0.143. The number of likely N-dealkylation sites (tertiary alicyclic amines) is 1. The van der Waals surface area contributed by atoms with Crippen molar-refractivity contribution < 1.29 is 23.8 Å². The molecular weight excluding hydrogens is 286 g/mol. The Balaban J connectivity index is 2.64. The van der Waals surface area contributed by atoms with E-state index in [1.54, 1.807) is 11.8 Å². The van der Waals surface area contributed by atoms with Crippen LogP contribution >= 0.6 is 0 Å². The molecule has 1 fully saturated rings. The molecule has 128 valence electrons. The van der Waals surface area contributed by atoms with Gasteiger partial charge >= 0.3 is 12.1 Å². The Labute approximate surface area is 133 Å². The van der Waals surface area contributed by atoms with E-state index >= 15 is 0 Å². The van der Waals surface area contributed by atoms with Crippen molar-refractivity contribution in [3.8, 4) is 0 Å². The van der Waals surface area contributed by atoms with Crippen LogP contribution in [-0.4, -0.2) is 54.5 Å². The van der Waals surface area contributed by atoms with Crippen LogP contribution < -0.4 is 0 Å². The average molecular weight is 315 g/mol. The summed E-state index contributed by atoms with van der Waals surface area (Å²) in [6.07, 6.45) is 1.26. The monoisotopic (exact) mass is 315 g/mol. The second-order valence-corrected chi connectivity index (χ2v) is 6.44. The molecule has 1 saturated heterocycles. The van der Waals surface area contributed by atoms with Gasteiger partial charge in [-0.1, -0.05) is 0 Å². The number of rotatable bonds is 6. The molecule has 1 aliphatic heterocycles. The predicted octanol–water partition coefficient (Wildman–Crippen LogP) is 2.74. The molecule has 0 unspecified atom stereocenters. The molecule has 2 atom stereocenters. The van der Waals surface area contributed by atoms with E-state index in [0.29, 0.717) is 32.6 Å². The molecule has 0 bridgehead atoms. The number of nitrogens with zero attached hydrogens (tertiary/aromatic N) is 1. The van der Waals surface area contributed by atoms with Gasteiger partial charge in [0.2, 0.25) is 0 Å². The lowest BCUT2D eigenvalue weighted by Crippen LogP contribution is -2.40. The van der Waals surface area contributed by atoms with E-state index in [1.165, 1.54) is 0 Å². The standard InChI is InChI=1S/C16H29NO5/c1-6-20-13-10-12(8-9-14(18)21-7-2)17(11-13)15(19)22-16(3,4)5/h12-13H,6-11H2,1-5H3/t12-,13-/m1/s1. The molecule has 0 aromatic heterocycles. The number of amides is 1. The molecule has 0 radical (unpaired) electrons. The van der Waals surface area contributed by atoms with Crippen LogP contribution in [0.4, 0.5) is 4.79 Å². The second-order valence-electron chi connectivity index (χ2n) is 6.44. The Bertz CT molecular complexity index is 377. The van der Waals surface area contributed by atoms with Gasteiger partial charge in [-0.25, -0.2) is 4.79 Å². The summed E-state index contributed by atoms with van der Waals surface area (Å²) >= 11 is 0. The van der Waals surface area contributed by atoms with Gasteiger partial charge < -0.3 is 19.1 Å². The van der Waals surface area contributed by atoms with Crippen molar-refractivity contribution in [1.29, 1.82) is 0 Å². The molecule has 1 heterocycles. The van der Waals surface area contributed by atoms with Crippen LogP contribution in [0.15, 0.2) is 0 Å². The maximum Gasteiger partial charge on any atom is 0.410 e. The minimum absolute atomic E-state index is 0.00436. The van der Waals surface area contributed by atoms with Gasteiger partial charge in [-0.05, 0) is 47.5 Å². The summed E-state index contributed by atoms with van der Waals surface area (Å²) in [6.45, 7) is 10.7. The second kappa shape index (κ2) is 8.36. The third-order valence-corrected chi connectivity index (χ3v) is 3.39. The van der Waals surface area contributed by atoms with E-state index in [4.69, 9.17) is 14.2 Å². The highest BCUT2D eigenvalue weighted by molar-refractivity contribution is 5.70. The van der Waals surface area contributed by atoms with Crippen molar-refractivity contribution >= 4 is 12.1 Å². The van der Waals surface area contributed by atoms with Crippen LogP contribution in [0.3, 0.4) is 0 Å². The van der Waals surface area contributed by atoms with Gasteiger partial charge in [-0.2, -0.15) is 0 Å². The summed E-state index contributed by atoms with van der Waals surface area (Å²) in [7, 11) is 0. The molecule has 1 amide bonds. The molecule has 1 aliphatic rings. The molecule has 22 heavy (non-hydrogen) atoms. The van der Waals surface area contributed by atoms with Gasteiger partial charge in [0.1, 0.15) is 5.60 Å². The lowest BCUT2D eigenvalue weighted by Gasteiger charge is -2.28. The van der Waals surface area contributed by atoms with Crippen LogP contribution in [0, 0.1) is 0 Å². The number of hydrogen-bond acceptors (Lipinski definition) is 5. The number of esters is 1. The third kappa shape index (κ3) is 6.22. The van der Waals surface area contributed by atoms with E-state index in [0.717, 1.165) is 6.42 Å². The van der Waals surface area contributed by atoms with E-state index in [2.05, 4.69) is 0 Å². The van der Waals surface area contributed by atoms with Gasteiger partial charge in [0.25, 0.3) is 0 Å². The first-order valence-electron chi connectivity index (χ1n) is 8.03. The molecule has 0 aromatic carbocycles. The normalized spacial score (nSPS) is 21.8. The summed E-state index contributed by atoms with van der Waals surface area (Å²) in [5.41, 5.74) is -0.535. The minimum Gasteiger partial charge on any atom is -0.466 e. The van der Waals surface area contributed by atoms with Crippen LogP contribution in [0.1, 0.15) is 53.9 Å². The quantitative estimate of drug-likeness (QED) is 0.705. The maximum absolute atomic E-state index is 12.3. The van der Waals surface area contributed by atoms with E-state index < -0.39 is 5.60 Å². The summed E-state index contributed by atoms with van der Waals surface area (Å²) in [6, 6.07) is -0.0455. The molecule has 0 saturated carbocycles. The van der Waals surface area contributed by atoms with Crippen molar-refractivity contribution in [3.63, 3.8) is 0 Å². The first kappa shape index (κ1) is 18.7. The first-order chi connectivity index (χ1) is 10.3. The van der Waals surface area contributed by atoms with Crippen molar-refractivity contribution in [2.75, 3.05) is 19.8 Å². The number of ether oxygens (including phenoxy) is 3. The molecule has 0 N–H and O–H groups in total. The zero-order chi connectivity index (χ0) is 16.8. The Morgan fingerprint density at radius 3 is 2.41 bits per heavy atom. The average Bonchev–Trinajstić information content (AvgIpc) is 2.78. The third-order valence-electron chi connectivity index (χ3n) is 3.39. The van der Waals surface area contributed by atoms with Crippen LogP contribution in [0.2, 0.25) is 0 Å². The lowest BCUT2D eigenvalue weighted by atomic mass is 10.1. The van der Waals surface area contributed by atoms with E-state index in [1.807, 2.05) is 27.7 Å². The van der Waals surface area contributed by atoms with Crippen LogP contribution in [-0.2, 0) is 19.0 Å². The SMILES string of the molecule is CCOC(=O)CC[C@@H]1C[C@@H](OCC)CN1C(=O)OC(C)(C)C. The molecule has 1 rings (SSSR count). The van der Waals surface area contributed by atoms with Gasteiger partial charge in [-0.3, -0.25) is 4.79 Å². The molecular formula is C16H29NO5. The Kier molecular flexibility index (Phi) is 7.13. The largest absolute Gasteiger partial charge is 0.466 e. The van der Waals surface area contributed by atoms with Gasteiger partial charge in [0, 0.05) is 19.1 Å². The van der Waals surface area contributed by atoms with Crippen molar-refractivity contribution in [1.82, 2.24) is 4.90 Å². The van der Waals surface area contributed by atoms with Gasteiger partial charge in [0.15, 0.2) is 0 Å².